The fourth-order valence-corrected chi connectivity index (χ4v) is 1.94. The van der Waals surface area contributed by atoms with E-state index in [1.165, 1.54) is 0 Å². The first-order chi connectivity index (χ1) is 9.10. The summed E-state index contributed by atoms with van der Waals surface area (Å²) in [5.74, 6) is -0.604. The Kier molecular flexibility index (Phi) is 7.19. The van der Waals surface area contributed by atoms with Crippen LogP contribution < -0.4 is 16.4 Å². The van der Waals surface area contributed by atoms with Gasteiger partial charge in [0.1, 0.15) is 6.04 Å². The molecule has 0 heterocycles. The summed E-state index contributed by atoms with van der Waals surface area (Å²) in [6, 6.07) is 4.35. The fourth-order valence-electron chi connectivity index (χ4n) is 1.56. The van der Waals surface area contributed by atoms with Crippen molar-refractivity contribution in [1.29, 1.82) is 0 Å². The second kappa shape index (κ2) is 7.66. The molecule has 0 aromatic heterocycles. The van der Waals surface area contributed by atoms with Crippen molar-refractivity contribution in [3.63, 3.8) is 0 Å². The van der Waals surface area contributed by atoms with E-state index in [1.807, 2.05) is 20.8 Å². The highest BCUT2D eigenvalue weighted by molar-refractivity contribution is 9.10. The molecule has 0 aliphatic carbocycles. The Hall–Kier alpha value is -1.27. The number of carbonyl (C=O) groups excluding carboxylic acids is 2. The van der Waals surface area contributed by atoms with Crippen LogP contribution in [0.25, 0.3) is 0 Å². The van der Waals surface area contributed by atoms with Crippen molar-refractivity contribution in [3.8, 4) is 0 Å². The SMILES string of the molecule is CC(NC(=O)c1ccc(Br)cc1N)C(=O)NC(C)(C)C.Cl. The molecule has 0 aliphatic heterocycles. The highest BCUT2D eigenvalue weighted by Crippen LogP contribution is 2.18. The van der Waals surface area contributed by atoms with Crippen LogP contribution in [-0.2, 0) is 4.79 Å². The highest BCUT2D eigenvalue weighted by atomic mass is 79.9. The number of hydrogen-bond donors (Lipinski definition) is 3. The van der Waals surface area contributed by atoms with Gasteiger partial charge in [-0.05, 0) is 45.9 Å². The quantitative estimate of drug-likeness (QED) is 0.707. The molecule has 2 amide bonds. The highest BCUT2D eigenvalue weighted by Gasteiger charge is 2.21. The van der Waals surface area contributed by atoms with Crippen molar-refractivity contribution in [1.82, 2.24) is 10.6 Å². The molecule has 0 saturated carbocycles. The van der Waals surface area contributed by atoms with Crippen LogP contribution >= 0.6 is 28.3 Å². The van der Waals surface area contributed by atoms with Gasteiger partial charge < -0.3 is 16.4 Å². The summed E-state index contributed by atoms with van der Waals surface area (Å²) in [6.45, 7) is 7.28. The van der Waals surface area contributed by atoms with E-state index in [2.05, 4.69) is 26.6 Å². The Morgan fingerprint density at radius 3 is 2.33 bits per heavy atom. The lowest BCUT2D eigenvalue weighted by atomic mass is 10.1. The molecule has 5 nitrogen and oxygen atoms in total. The van der Waals surface area contributed by atoms with Gasteiger partial charge in [0.15, 0.2) is 0 Å². The van der Waals surface area contributed by atoms with E-state index in [0.717, 1.165) is 4.47 Å². The zero-order chi connectivity index (χ0) is 15.5. The van der Waals surface area contributed by atoms with Gasteiger partial charge in [0, 0.05) is 15.7 Å². The molecule has 118 valence electrons. The zero-order valence-electron chi connectivity index (χ0n) is 12.5. The van der Waals surface area contributed by atoms with Crippen LogP contribution in [0, 0.1) is 0 Å². The molecule has 0 bridgehead atoms. The van der Waals surface area contributed by atoms with Gasteiger partial charge in [0.05, 0.1) is 5.56 Å². The maximum Gasteiger partial charge on any atom is 0.254 e. The zero-order valence-corrected chi connectivity index (χ0v) is 14.9. The van der Waals surface area contributed by atoms with Crippen LogP contribution in [0.1, 0.15) is 38.1 Å². The second-order valence-electron chi connectivity index (χ2n) is 5.67. The van der Waals surface area contributed by atoms with Crippen LogP contribution in [-0.4, -0.2) is 23.4 Å². The summed E-state index contributed by atoms with van der Waals surface area (Å²) in [7, 11) is 0. The van der Waals surface area contributed by atoms with Gasteiger partial charge in [-0.1, -0.05) is 15.9 Å². The average molecular weight is 379 g/mol. The normalized spacial score (nSPS) is 12.0. The number of nitrogen functional groups attached to an aromatic ring is 1. The molecule has 7 heteroatoms. The lowest BCUT2D eigenvalue weighted by Crippen LogP contribution is -2.50. The Labute approximate surface area is 139 Å². The number of rotatable bonds is 3. The number of carbonyl (C=O) groups is 2. The largest absolute Gasteiger partial charge is 0.398 e. The van der Waals surface area contributed by atoms with Crippen LogP contribution in [0.3, 0.4) is 0 Å². The molecule has 1 rings (SSSR count). The van der Waals surface area contributed by atoms with Gasteiger partial charge in [-0.25, -0.2) is 0 Å². The summed E-state index contributed by atoms with van der Waals surface area (Å²) >= 11 is 3.28. The third kappa shape index (κ3) is 6.35. The Bertz CT molecular complexity index is 529. The van der Waals surface area contributed by atoms with E-state index in [-0.39, 0.29) is 29.8 Å². The Balaban J connectivity index is 0.00000400. The number of amides is 2. The van der Waals surface area contributed by atoms with Gasteiger partial charge >= 0.3 is 0 Å². The maximum absolute atomic E-state index is 12.1. The number of halogens is 2. The number of benzene rings is 1. The molecule has 0 fully saturated rings. The first-order valence-electron chi connectivity index (χ1n) is 6.28. The Morgan fingerprint density at radius 1 is 1.29 bits per heavy atom. The van der Waals surface area contributed by atoms with E-state index in [9.17, 15) is 9.59 Å². The standard InChI is InChI=1S/C14H20BrN3O2.ClH/c1-8(12(19)18-14(2,3)4)17-13(20)10-6-5-9(15)7-11(10)16;/h5-8H,16H2,1-4H3,(H,17,20)(H,18,19);1H. The third-order valence-corrected chi connectivity index (χ3v) is 2.99. The smallest absolute Gasteiger partial charge is 0.254 e. The van der Waals surface area contributed by atoms with Gasteiger partial charge in [0.25, 0.3) is 5.91 Å². The summed E-state index contributed by atoms with van der Waals surface area (Å²) in [6.07, 6.45) is 0. The molecule has 21 heavy (non-hydrogen) atoms. The van der Waals surface area contributed by atoms with Crippen LogP contribution in [0.15, 0.2) is 22.7 Å². The van der Waals surface area contributed by atoms with Crippen LogP contribution in [0.5, 0.6) is 0 Å². The number of hydrogen-bond acceptors (Lipinski definition) is 3. The summed E-state index contributed by atoms with van der Waals surface area (Å²) in [4.78, 5) is 24.0. The monoisotopic (exact) mass is 377 g/mol. The van der Waals surface area contributed by atoms with E-state index >= 15 is 0 Å². The van der Waals surface area contributed by atoms with Crippen molar-refractivity contribution in [3.05, 3.63) is 28.2 Å². The van der Waals surface area contributed by atoms with Gasteiger partial charge in [-0.2, -0.15) is 0 Å². The van der Waals surface area contributed by atoms with E-state index in [0.29, 0.717) is 11.3 Å². The van der Waals surface area contributed by atoms with Crippen LogP contribution in [0.4, 0.5) is 5.69 Å². The molecule has 0 saturated heterocycles. The minimum atomic E-state index is -0.634. The Morgan fingerprint density at radius 2 is 1.86 bits per heavy atom. The predicted octanol–water partition coefficient (Wildman–Crippen LogP) is 2.49. The lowest BCUT2D eigenvalue weighted by molar-refractivity contribution is -0.124. The minimum absolute atomic E-state index is 0. The molecule has 1 atom stereocenters. The molecule has 0 radical (unpaired) electrons. The summed E-state index contributed by atoms with van der Waals surface area (Å²) in [5, 5.41) is 5.44. The first kappa shape index (κ1) is 19.7. The minimum Gasteiger partial charge on any atom is -0.398 e. The van der Waals surface area contributed by atoms with Gasteiger partial charge in [0.2, 0.25) is 5.91 Å². The van der Waals surface area contributed by atoms with Gasteiger partial charge in [-0.3, -0.25) is 9.59 Å². The van der Waals surface area contributed by atoms with Crippen LogP contribution in [0.2, 0.25) is 0 Å². The van der Waals surface area contributed by atoms with Crippen molar-refractivity contribution in [2.45, 2.75) is 39.3 Å². The fraction of sp³-hybridized carbons (Fsp3) is 0.429. The van der Waals surface area contributed by atoms with Crippen molar-refractivity contribution >= 4 is 45.8 Å². The van der Waals surface area contributed by atoms with E-state index in [1.54, 1.807) is 25.1 Å². The lowest BCUT2D eigenvalue weighted by Gasteiger charge is -2.23. The topological polar surface area (TPSA) is 84.2 Å². The number of nitrogens with one attached hydrogen (secondary N) is 2. The number of nitrogens with two attached hydrogens (primary N) is 1. The predicted molar refractivity (Wildman–Crippen MR) is 90.6 cm³/mol. The van der Waals surface area contributed by atoms with E-state index in [4.69, 9.17) is 5.73 Å². The number of anilines is 1. The summed E-state index contributed by atoms with van der Waals surface area (Å²) < 4.78 is 0.796. The molecule has 4 N–H and O–H groups in total. The third-order valence-electron chi connectivity index (χ3n) is 2.50. The maximum atomic E-state index is 12.1. The van der Waals surface area contributed by atoms with E-state index < -0.39 is 6.04 Å². The molecule has 1 aromatic rings. The summed E-state index contributed by atoms with van der Waals surface area (Å²) in [5.41, 5.74) is 6.16. The van der Waals surface area contributed by atoms with Gasteiger partial charge in [-0.15, -0.1) is 12.4 Å². The molecule has 1 unspecified atom stereocenters. The second-order valence-corrected chi connectivity index (χ2v) is 6.58. The van der Waals surface area contributed by atoms with Crippen molar-refractivity contribution in [2.24, 2.45) is 0 Å². The van der Waals surface area contributed by atoms with Crippen molar-refractivity contribution in [2.75, 3.05) is 5.73 Å². The molecule has 0 spiro atoms. The first-order valence-corrected chi connectivity index (χ1v) is 7.07. The average Bonchev–Trinajstić information content (AvgIpc) is 2.26. The molecular weight excluding hydrogens is 358 g/mol. The molecular formula is C14H21BrClN3O2. The molecule has 1 aromatic carbocycles. The van der Waals surface area contributed by atoms with Crippen molar-refractivity contribution < 1.29 is 9.59 Å². The molecule has 0 aliphatic rings.